The summed E-state index contributed by atoms with van der Waals surface area (Å²) in [5, 5.41) is 3.16. The second-order valence-corrected chi connectivity index (χ2v) is 12.6. The van der Waals surface area contributed by atoms with Crippen molar-refractivity contribution in [3.05, 3.63) is 102 Å². The summed E-state index contributed by atoms with van der Waals surface area (Å²) in [6.45, 7) is 0.0840. The van der Waals surface area contributed by atoms with Crippen LogP contribution in [0.2, 0.25) is 0 Å². The third-order valence-electron chi connectivity index (χ3n) is 7.51. The van der Waals surface area contributed by atoms with Crippen LogP contribution in [0.4, 0.5) is 14.5 Å². The summed E-state index contributed by atoms with van der Waals surface area (Å²) in [6.07, 6.45) is 5.27. The van der Waals surface area contributed by atoms with Crippen molar-refractivity contribution >= 4 is 27.5 Å². The number of carbonyl (C=O) groups excluding carboxylic acids is 2. The van der Waals surface area contributed by atoms with E-state index >= 15 is 0 Å². The molecule has 4 rings (SSSR count). The zero-order chi connectivity index (χ0) is 30.1. The van der Waals surface area contributed by atoms with Crippen molar-refractivity contribution in [1.29, 1.82) is 0 Å². The quantitative estimate of drug-likeness (QED) is 0.293. The first-order valence-corrected chi connectivity index (χ1v) is 16.1. The van der Waals surface area contributed by atoms with Gasteiger partial charge in [0, 0.05) is 38.0 Å². The van der Waals surface area contributed by atoms with Crippen LogP contribution >= 0.6 is 0 Å². The summed E-state index contributed by atoms with van der Waals surface area (Å²) < 4.78 is 53.3. The predicted octanol–water partition coefficient (Wildman–Crippen LogP) is 5.21. The van der Waals surface area contributed by atoms with Crippen molar-refractivity contribution in [3.63, 3.8) is 0 Å². The number of hydrogen-bond acceptors (Lipinski definition) is 4. The number of sulfonamides is 1. The Hall–Kier alpha value is -3.79. The number of nitrogens with one attached hydrogen (secondary N) is 1. The Morgan fingerprint density at radius 3 is 2.12 bits per heavy atom. The number of rotatable bonds is 13. The Morgan fingerprint density at radius 2 is 1.52 bits per heavy atom. The van der Waals surface area contributed by atoms with E-state index in [9.17, 15) is 26.8 Å². The number of benzene rings is 3. The van der Waals surface area contributed by atoms with Gasteiger partial charge in [0.2, 0.25) is 21.8 Å². The molecule has 1 aliphatic rings. The highest BCUT2D eigenvalue weighted by Gasteiger charge is 2.32. The lowest BCUT2D eigenvalue weighted by Crippen LogP contribution is -2.52. The minimum absolute atomic E-state index is 0.0251. The minimum Gasteiger partial charge on any atom is -0.352 e. The molecule has 0 saturated heterocycles. The van der Waals surface area contributed by atoms with Crippen molar-refractivity contribution < 1.29 is 26.8 Å². The number of anilines is 1. The average molecular weight is 598 g/mol. The number of nitrogens with zero attached hydrogens (tertiary/aromatic N) is 2. The van der Waals surface area contributed by atoms with Gasteiger partial charge in [-0.3, -0.25) is 13.9 Å². The van der Waals surface area contributed by atoms with E-state index in [0.29, 0.717) is 6.42 Å². The number of hydrogen-bond donors (Lipinski definition) is 1. The molecule has 1 N–H and O–H groups in total. The van der Waals surface area contributed by atoms with E-state index in [1.165, 1.54) is 6.07 Å². The van der Waals surface area contributed by atoms with Gasteiger partial charge >= 0.3 is 0 Å². The van der Waals surface area contributed by atoms with Gasteiger partial charge in [-0.2, -0.15) is 0 Å². The van der Waals surface area contributed by atoms with Crippen molar-refractivity contribution in [2.45, 2.75) is 63.6 Å². The van der Waals surface area contributed by atoms with Crippen LogP contribution in [-0.2, 0) is 32.6 Å². The summed E-state index contributed by atoms with van der Waals surface area (Å²) in [4.78, 5) is 29.2. The third-order valence-corrected chi connectivity index (χ3v) is 8.71. The van der Waals surface area contributed by atoms with Gasteiger partial charge < -0.3 is 10.2 Å². The van der Waals surface area contributed by atoms with Crippen molar-refractivity contribution in [2.75, 3.05) is 17.1 Å². The molecule has 2 amide bonds. The van der Waals surface area contributed by atoms with E-state index in [1.807, 2.05) is 60.7 Å². The second kappa shape index (κ2) is 14.4. The lowest BCUT2D eigenvalue weighted by atomic mass is 10.0. The van der Waals surface area contributed by atoms with Crippen LogP contribution in [0.5, 0.6) is 0 Å². The van der Waals surface area contributed by atoms with Crippen molar-refractivity contribution in [1.82, 2.24) is 10.2 Å². The van der Waals surface area contributed by atoms with Crippen molar-refractivity contribution in [3.8, 4) is 0 Å². The van der Waals surface area contributed by atoms with Crippen LogP contribution in [0.25, 0.3) is 0 Å². The topological polar surface area (TPSA) is 86.8 Å². The van der Waals surface area contributed by atoms with Crippen LogP contribution in [-0.4, -0.2) is 50.0 Å². The first-order valence-electron chi connectivity index (χ1n) is 14.2. The van der Waals surface area contributed by atoms with Gasteiger partial charge in [-0.25, -0.2) is 17.2 Å². The Kier molecular flexibility index (Phi) is 10.7. The molecule has 1 aliphatic carbocycles. The Labute approximate surface area is 246 Å². The molecular formula is C32H37F2N3O4S. The molecule has 7 nitrogen and oxygen atoms in total. The third kappa shape index (κ3) is 8.61. The molecule has 0 spiro atoms. The van der Waals surface area contributed by atoms with Gasteiger partial charge in [0.05, 0.1) is 11.9 Å². The Bertz CT molecular complexity index is 1450. The molecule has 0 aliphatic heterocycles. The van der Waals surface area contributed by atoms with Crippen LogP contribution in [0.1, 0.15) is 49.7 Å². The summed E-state index contributed by atoms with van der Waals surface area (Å²) >= 11 is 0. The fourth-order valence-electron chi connectivity index (χ4n) is 5.35. The number of carbonyl (C=O) groups is 2. The average Bonchev–Trinajstić information content (AvgIpc) is 3.48. The SMILES string of the molecule is CS(=O)(=O)N(CCCC(=O)N(Cc1ccccc1)C(Cc1ccccc1)C(=O)NC1CCCC1)c1ccc(F)c(F)c1. The van der Waals surface area contributed by atoms with Gasteiger partial charge in [0.25, 0.3) is 0 Å². The minimum atomic E-state index is -3.84. The Morgan fingerprint density at radius 1 is 0.905 bits per heavy atom. The molecule has 10 heteroatoms. The standard InChI is InChI=1S/C32H37F2N3O4S/c1-42(40,41)37(27-18-19-28(33)29(34)22-27)20-10-17-31(38)36(23-25-13-6-3-7-14-25)30(21-24-11-4-2-5-12-24)32(39)35-26-15-8-9-16-26/h2-7,11-14,18-19,22,26,30H,8-10,15-17,20-21,23H2,1H3,(H,35,39). The summed E-state index contributed by atoms with van der Waals surface area (Å²) in [5.74, 6) is -2.77. The lowest BCUT2D eigenvalue weighted by molar-refractivity contribution is -0.141. The largest absolute Gasteiger partial charge is 0.352 e. The van der Waals surface area contributed by atoms with E-state index in [0.717, 1.165) is 59.5 Å². The number of halogens is 2. The van der Waals surface area contributed by atoms with Gasteiger partial charge in [-0.15, -0.1) is 0 Å². The van der Waals surface area contributed by atoms with E-state index in [-0.39, 0.29) is 49.5 Å². The first-order chi connectivity index (χ1) is 20.1. The molecule has 224 valence electrons. The second-order valence-electron chi connectivity index (χ2n) is 10.7. The maximum Gasteiger partial charge on any atom is 0.243 e. The predicted molar refractivity (Wildman–Crippen MR) is 159 cm³/mol. The van der Waals surface area contributed by atoms with Crippen molar-refractivity contribution in [2.24, 2.45) is 0 Å². The first kappa shape index (κ1) is 31.2. The maximum absolute atomic E-state index is 13.9. The van der Waals surface area contributed by atoms with E-state index < -0.39 is 27.7 Å². The molecule has 1 atom stereocenters. The molecule has 42 heavy (non-hydrogen) atoms. The number of amides is 2. The Balaban J connectivity index is 1.57. The highest BCUT2D eigenvalue weighted by Crippen LogP contribution is 2.23. The smallest absolute Gasteiger partial charge is 0.243 e. The molecule has 0 aromatic heterocycles. The molecule has 1 fully saturated rings. The zero-order valence-electron chi connectivity index (χ0n) is 23.7. The van der Waals surface area contributed by atoms with Crippen LogP contribution in [0, 0.1) is 11.6 Å². The molecule has 0 bridgehead atoms. The molecule has 3 aromatic rings. The van der Waals surface area contributed by atoms with Gasteiger partial charge in [-0.1, -0.05) is 73.5 Å². The zero-order valence-corrected chi connectivity index (χ0v) is 24.5. The van der Waals surface area contributed by atoms with Crippen LogP contribution < -0.4 is 9.62 Å². The van der Waals surface area contributed by atoms with Gasteiger partial charge in [0.15, 0.2) is 11.6 Å². The maximum atomic E-state index is 13.9. The fourth-order valence-corrected chi connectivity index (χ4v) is 6.30. The highest BCUT2D eigenvalue weighted by atomic mass is 32.2. The molecule has 0 radical (unpaired) electrons. The summed E-state index contributed by atoms with van der Waals surface area (Å²) in [5.41, 5.74) is 1.75. The van der Waals surface area contributed by atoms with Crippen LogP contribution in [0.3, 0.4) is 0 Å². The molecule has 1 saturated carbocycles. The monoisotopic (exact) mass is 597 g/mol. The summed E-state index contributed by atoms with van der Waals surface area (Å²) in [7, 11) is -3.84. The molecule has 1 unspecified atom stereocenters. The van der Waals surface area contributed by atoms with Gasteiger partial charge in [-0.05, 0) is 42.5 Å². The fraction of sp³-hybridized carbons (Fsp3) is 0.375. The van der Waals surface area contributed by atoms with E-state index in [4.69, 9.17) is 0 Å². The van der Waals surface area contributed by atoms with Gasteiger partial charge in [0.1, 0.15) is 6.04 Å². The molecular weight excluding hydrogens is 560 g/mol. The lowest BCUT2D eigenvalue weighted by Gasteiger charge is -2.33. The van der Waals surface area contributed by atoms with E-state index in [1.54, 1.807) is 4.90 Å². The summed E-state index contributed by atoms with van der Waals surface area (Å²) in [6, 6.07) is 21.1. The van der Waals surface area contributed by atoms with Crippen LogP contribution in [0.15, 0.2) is 78.9 Å². The van der Waals surface area contributed by atoms with E-state index in [2.05, 4.69) is 5.32 Å². The normalized spacial score (nSPS) is 14.4. The highest BCUT2D eigenvalue weighted by molar-refractivity contribution is 7.92. The molecule has 3 aromatic carbocycles. The molecule has 0 heterocycles.